The third-order valence-electron chi connectivity index (χ3n) is 7.50. The van der Waals surface area contributed by atoms with Crippen LogP contribution in [-0.2, 0) is 6.11 Å². The lowest BCUT2D eigenvalue weighted by Crippen LogP contribution is -2.23. The maximum absolute atomic E-state index is 15.1. The van der Waals surface area contributed by atoms with Gasteiger partial charge in [0.25, 0.3) is 0 Å². The Bertz CT molecular complexity index is 1500. The summed E-state index contributed by atoms with van der Waals surface area (Å²) in [6.07, 6.45) is 0.365. The van der Waals surface area contributed by atoms with Gasteiger partial charge < -0.3 is 4.74 Å². The molecule has 0 unspecified atom stereocenters. The molecule has 4 aromatic rings. The van der Waals surface area contributed by atoms with Gasteiger partial charge in [-0.05, 0) is 65.1 Å². The van der Waals surface area contributed by atoms with Crippen molar-refractivity contribution in [2.75, 3.05) is 0 Å². The maximum atomic E-state index is 15.1. The Morgan fingerprint density at radius 2 is 1.20 bits per heavy atom. The van der Waals surface area contributed by atoms with Gasteiger partial charge in [-0.25, -0.2) is 22.0 Å². The Labute approximate surface area is 227 Å². The fourth-order valence-corrected chi connectivity index (χ4v) is 5.18. The highest BCUT2D eigenvalue weighted by Gasteiger charge is 2.38. The van der Waals surface area contributed by atoms with E-state index < -0.39 is 46.5 Å². The molecule has 4 aromatic carbocycles. The molecule has 8 heteroatoms. The first kappa shape index (κ1) is 27.7. The minimum atomic E-state index is -4.36. The molecule has 208 valence electrons. The zero-order chi connectivity index (χ0) is 28.6. The molecule has 0 atom stereocenters. The fourth-order valence-electron chi connectivity index (χ4n) is 5.18. The summed E-state index contributed by atoms with van der Waals surface area (Å²) >= 11 is 0. The first-order valence-electron chi connectivity index (χ1n) is 12.9. The highest BCUT2D eigenvalue weighted by Crippen LogP contribution is 2.38. The zero-order valence-corrected chi connectivity index (χ0v) is 21.5. The van der Waals surface area contributed by atoms with Crippen LogP contribution in [0.3, 0.4) is 0 Å². The Hall–Kier alpha value is -3.81. The third kappa shape index (κ3) is 5.71. The largest absolute Gasteiger partial charge is 0.429 e. The summed E-state index contributed by atoms with van der Waals surface area (Å²) < 4.78 is 103. The zero-order valence-electron chi connectivity index (χ0n) is 21.5. The molecule has 1 fully saturated rings. The second-order valence-corrected chi connectivity index (χ2v) is 10.3. The van der Waals surface area contributed by atoms with Crippen molar-refractivity contribution < 1.29 is 35.5 Å². The van der Waals surface area contributed by atoms with Crippen molar-refractivity contribution in [3.63, 3.8) is 0 Å². The average molecular weight is 559 g/mol. The van der Waals surface area contributed by atoms with Gasteiger partial charge >= 0.3 is 6.11 Å². The van der Waals surface area contributed by atoms with E-state index in [2.05, 4.69) is 23.8 Å². The molecule has 40 heavy (non-hydrogen) atoms. The summed E-state index contributed by atoms with van der Waals surface area (Å²) in [6.45, 7) is 2.27. The van der Waals surface area contributed by atoms with Crippen molar-refractivity contribution in [2.24, 2.45) is 5.92 Å². The molecule has 0 heterocycles. The van der Waals surface area contributed by atoms with E-state index in [9.17, 15) is 26.3 Å². The quantitative estimate of drug-likeness (QED) is 0.169. The molecule has 5 rings (SSSR count). The number of hydrogen-bond acceptors (Lipinski definition) is 1. The molecule has 0 N–H and O–H groups in total. The molecule has 1 nitrogen and oxygen atoms in total. The Morgan fingerprint density at radius 1 is 0.625 bits per heavy atom. The molecule has 0 bridgehead atoms. The van der Waals surface area contributed by atoms with Crippen LogP contribution in [0.1, 0.15) is 49.7 Å². The van der Waals surface area contributed by atoms with Gasteiger partial charge in [0.15, 0.2) is 17.5 Å². The second kappa shape index (κ2) is 11.0. The predicted molar refractivity (Wildman–Crippen MR) is 138 cm³/mol. The first-order chi connectivity index (χ1) is 19.0. The Balaban J connectivity index is 1.34. The van der Waals surface area contributed by atoms with Crippen LogP contribution >= 0.6 is 0 Å². The highest BCUT2D eigenvalue weighted by molar-refractivity contribution is 5.71. The smallest absolute Gasteiger partial charge is 0.429 e. The second-order valence-electron chi connectivity index (χ2n) is 10.3. The van der Waals surface area contributed by atoms with Gasteiger partial charge in [0, 0.05) is 17.7 Å². The highest BCUT2D eigenvalue weighted by atomic mass is 19.3. The first-order valence-corrected chi connectivity index (χ1v) is 12.9. The molecule has 1 saturated carbocycles. The molecule has 1 aliphatic carbocycles. The average Bonchev–Trinajstić information content (AvgIpc) is 2.92. The van der Waals surface area contributed by atoms with Crippen molar-refractivity contribution in [2.45, 2.75) is 44.6 Å². The van der Waals surface area contributed by atoms with E-state index in [-0.39, 0.29) is 23.3 Å². The van der Waals surface area contributed by atoms with Crippen LogP contribution in [0.2, 0.25) is 0 Å². The van der Waals surface area contributed by atoms with Crippen LogP contribution < -0.4 is 4.74 Å². The number of halogens is 7. The SMILES string of the molecule is CC1CCC(c2ccc(-c3ccc(-c4ccc(C(F)(F)Oc5cc(F)c(F)c(F)c5)c(F)c4)c(F)c3)cc2)CC1. The molecule has 0 radical (unpaired) electrons. The molecule has 0 aromatic heterocycles. The van der Waals surface area contributed by atoms with E-state index in [0.717, 1.165) is 36.5 Å². The van der Waals surface area contributed by atoms with Gasteiger partial charge in [-0.15, -0.1) is 0 Å². The molecular formula is C32H25F7O. The lowest BCUT2D eigenvalue weighted by atomic mass is 9.79. The van der Waals surface area contributed by atoms with Crippen molar-refractivity contribution in [1.82, 2.24) is 0 Å². The monoisotopic (exact) mass is 558 g/mol. The summed E-state index contributed by atoms with van der Waals surface area (Å²) in [5.74, 6) is -7.19. The van der Waals surface area contributed by atoms with Crippen LogP contribution in [-0.4, -0.2) is 0 Å². The third-order valence-corrected chi connectivity index (χ3v) is 7.50. The number of alkyl halides is 2. The van der Waals surface area contributed by atoms with Gasteiger partial charge in [0.1, 0.15) is 17.4 Å². The standard InChI is InChI=1S/C32H25F7O/c1-18-2-4-19(5-3-18)20-6-8-21(9-7-20)22-10-12-25(27(33)14-22)23-11-13-26(28(34)15-23)32(38,39)40-24-16-29(35)31(37)30(36)17-24/h6-19H,2-5H2,1H3. The topological polar surface area (TPSA) is 9.23 Å². The number of hydrogen-bond donors (Lipinski definition) is 0. The van der Waals surface area contributed by atoms with Gasteiger partial charge in [-0.1, -0.05) is 62.2 Å². The Kier molecular flexibility index (Phi) is 7.62. The summed E-state index contributed by atoms with van der Waals surface area (Å²) in [5.41, 5.74) is 1.44. The van der Waals surface area contributed by atoms with E-state index in [1.807, 2.05) is 12.1 Å². The van der Waals surface area contributed by atoms with Crippen molar-refractivity contribution in [1.29, 1.82) is 0 Å². The van der Waals surface area contributed by atoms with E-state index in [1.165, 1.54) is 30.5 Å². The lowest BCUT2D eigenvalue weighted by molar-refractivity contribution is -0.187. The number of benzene rings is 4. The van der Waals surface area contributed by atoms with Crippen molar-refractivity contribution in [3.8, 4) is 28.0 Å². The molecule has 0 saturated heterocycles. The predicted octanol–water partition coefficient (Wildman–Crippen LogP) is 10.1. The summed E-state index contributed by atoms with van der Waals surface area (Å²) in [6, 6.07) is 15.3. The summed E-state index contributed by atoms with van der Waals surface area (Å²) in [7, 11) is 0. The van der Waals surface area contributed by atoms with Crippen molar-refractivity contribution >= 4 is 0 Å². The van der Waals surface area contributed by atoms with E-state index in [0.29, 0.717) is 17.5 Å². The maximum Gasteiger partial charge on any atom is 0.429 e. The van der Waals surface area contributed by atoms with Gasteiger partial charge in [0.05, 0.1) is 5.56 Å². The molecule has 0 aliphatic heterocycles. The van der Waals surface area contributed by atoms with E-state index >= 15 is 4.39 Å². The van der Waals surface area contributed by atoms with Gasteiger partial charge in [-0.2, -0.15) is 8.78 Å². The van der Waals surface area contributed by atoms with Crippen LogP contribution in [0.4, 0.5) is 30.7 Å². The van der Waals surface area contributed by atoms with E-state index in [1.54, 1.807) is 6.07 Å². The van der Waals surface area contributed by atoms with Crippen LogP contribution in [0.15, 0.2) is 72.8 Å². The molecule has 1 aliphatic rings. The Morgan fingerprint density at radius 3 is 1.80 bits per heavy atom. The van der Waals surface area contributed by atoms with E-state index in [4.69, 9.17) is 0 Å². The summed E-state index contributed by atoms with van der Waals surface area (Å²) in [4.78, 5) is 0. The van der Waals surface area contributed by atoms with Crippen LogP contribution in [0.25, 0.3) is 22.3 Å². The van der Waals surface area contributed by atoms with Crippen molar-refractivity contribution in [3.05, 3.63) is 113 Å². The van der Waals surface area contributed by atoms with Crippen LogP contribution in [0.5, 0.6) is 5.75 Å². The summed E-state index contributed by atoms with van der Waals surface area (Å²) in [5, 5.41) is 0. The van der Waals surface area contributed by atoms with Crippen LogP contribution in [0, 0.1) is 35.0 Å². The minimum Gasteiger partial charge on any atom is -0.429 e. The minimum absolute atomic E-state index is 0.00171. The van der Waals surface area contributed by atoms with Gasteiger partial charge in [-0.3, -0.25) is 0 Å². The normalized spacial score (nSPS) is 17.6. The van der Waals surface area contributed by atoms with Gasteiger partial charge in [0.2, 0.25) is 0 Å². The fraction of sp³-hybridized carbons (Fsp3) is 0.250. The number of rotatable bonds is 6. The lowest BCUT2D eigenvalue weighted by Gasteiger charge is -2.26. The number of ether oxygens (including phenoxy) is 1. The molecule has 0 amide bonds. The molecular weight excluding hydrogens is 533 g/mol. The molecule has 0 spiro atoms.